The lowest BCUT2D eigenvalue weighted by Crippen LogP contribution is -2.27. The van der Waals surface area contributed by atoms with E-state index in [0.717, 1.165) is 33.8 Å². The third-order valence-corrected chi connectivity index (χ3v) is 4.96. The Morgan fingerprint density at radius 3 is 2.57 bits per heavy atom. The monoisotopic (exact) mass is 381 g/mol. The zero-order valence-electron chi connectivity index (χ0n) is 17.4. The normalized spacial score (nSPS) is 10.9. The van der Waals surface area contributed by atoms with Crippen LogP contribution in [0.5, 0.6) is 5.75 Å². The van der Waals surface area contributed by atoms with E-state index in [9.17, 15) is 4.79 Å². The fourth-order valence-electron chi connectivity index (χ4n) is 3.10. The van der Waals surface area contributed by atoms with E-state index in [1.165, 1.54) is 0 Å². The number of amides is 1. The number of carbonyl (C=O) groups is 1. The molecule has 0 aliphatic carbocycles. The van der Waals surface area contributed by atoms with Gasteiger partial charge in [-0.25, -0.2) is 4.68 Å². The average Bonchev–Trinajstić information content (AvgIpc) is 3.22. The molecule has 0 unspecified atom stereocenters. The first-order valence-electron chi connectivity index (χ1n) is 9.24. The largest absolute Gasteiger partial charge is 0.471 e. The van der Waals surface area contributed by atoms with Crippen LogP contribution in [0.2, 0.25) is 0 Å². The van der Waals surface area contributed by atoms with Gasteiger partial charge in [0, 0.05) is 38.1 Å². The van der Waals surface area contributed by atoms with Gasteiger partial charge in [0.2, 0.25) is 0 Å². The van der Waals surface area contributed by atoms with Gasteiger partial charge in [-0.05, 0) is 51.0 Å². The molecule has 7 heteroatoms. The fraction of sp³-hybridized carbons (Fsp3) is 0.381. The zero-order chi connectivity index (χ0) is 20.4. The summed E-state index contributed by atoms with van der Waals surface area (Å²) >= 11 is 0. The van der Waals surface area contributed by atoms with Gasteiger partial charge in [-0.15, -0.1) is 0 Å². The standard InChI is InChI=1S/C21H27N5O2/c1-14-7-8-15(2)20(11-14)28-13-26-10-9-19(23-26)21(27)24(5)12-18-16(3)22-25(6)17(18)4/h7-11H,12-13H2,1-6H3. The summed E-state index contributed by atoms with van der Waals surface area (Å²) in [6.45, 7) is 8.74. The van der Waals surface area contributed by atoms with Crippen LogP contribution in [-0.4, -0.2) is 37.4 Å². The maximum atomic E-state index is 12.7. The molecule has 1 amide bonds. The van der Waals surface area contributed by atoms with Crippen molar-refractivity contribution in [3.05, 3.63) is 64.2 Å². The Labute approximate surface area is 165 Å². The molecular weight excluding hydrogens is 354 g/mol. The third-order valence-electron chi connectivity index (χ3n) is 4.96. The fourth-order valence-corrected chi connectivity index (χ4v) is 3.10. The maximum absolute atomic E-state index is 12.7. The van der Waals surface area contributed by atoms with Crippen molar-refractivity contribution in [1.82, 2.24) is 24.5 Å². The second-order valence-corrected chi connectivity index (χ2v) is 7.22. The maximum Gasteiger partial charge on any atom is 0.274 e. The van der Waals surface area contributed by atoms with E-state index < -0.39 is 0 Å². The van der Waals surface area contributed by atoms with Crippen molar-refractivity contribution in [2.24, 2.45) is 7.05 Å². The topological polar surface area (TPSA) is 65.2 Å². The van der Waals surface area contributed by atoms with Crippen LogP contribution in [-0.2, 0) is 20.3 Å². The van der Waals surface area contributed by atoms with E-state index >= 15 is 0 Å². The molecule has 0 atom stereocenters. The first kappa shape index (κ1) is 19.7. The molecule has 3 rings (SSSR count). The second-order valence-electron chi connectivity index (χ2n) is 7.22. The Morgan fingerprint density at radius 2 is 1.89 bits per heavy atom. The lowest BCUT2D eigenvalue weighted by atomic mass is 10.1. The van der Waals surface area contributed by atoms with E-state index in [1.54, 1.807) is 28.9 Å². The smallest absolute Gasteiger partial charge is 0.274 e. The van der Waals surface area contributed by atoms with Gasteiger partial charge >= 0.3 is 0 Å². The molecule has 0 spiro atoms. The van der Waals surface area contributed by atoms with Crippen molar-refractivity contribution in [2.75, 3.05) is 7.05 Å². The van der Waals surface area contributed by atoms with E-state index in [4.69, 9.17) is 4.74 Å². The van der Waals surface area contributed by atoms with Crippen LogP contribution in [0, 0.1) is 27.7 Å². The van der Waals surface area contributed by atoms with Gasteiger partial charge in [-0.3, -0.25) is 9.48 Å². The van der Waals surface area contributed by atoms with Crippen LogP contribution in [0.25, 0.3) is 0 Å². The van der Waals surface area contributed by atoms with Gasteiger partial charge in [0.25, 0.3) is 5.91 Å². The number of aromatic nitrogens is 4. The minimum Gasteiger partial charge on any atom is -0.471 e. The summed E-state index contributed by atoms with van der Waals surface area (Å²) in [5, 5.41) is 8.78. The molecule has 148 valence electrons. The van der Waals surface area contributed by atoms with Gasteiger partial charge in [0.1, 0.15) is 5.75 Å². The van der Waals surface area contributed by atoms with Gasteiger partial charge in [-0.1, -0.05) is 12.1 Å². The highest BCUT2D eigenvalue weighted by atomic mass is 16.5. The summed E-state index contributed by atoms with van der Waals surface area (Å²) in [4.78, 5) is 14.4. The minimum absolute atomic E-state index is 0.131. The predicted molar refractivity (Wildman–Crippen MR) is 107 cm³/mol. The van der Waals surface area contributed by atoms with Crippen LogP contribution in [0.1, 0.15) is 38.6 Å². The van der Waals surface area contributed by atoms with Crippen molar-refractivity contribution in [1.29, 1.82) is 0 Å². The zero-order valence-corrected chi connectivity index (χ0v) is 17.4. The van der Waals surface area contributed by atoms with Crippen LogP contribution in [0.3, 0.4) is 0 Å². The Bertz CT molecular complexity index is 1000. The molecule has 0 saturated carbocycles. The molecule has 7 nitrogen and oxygen atoms in total. The Hall–Kier alpha value is -3.09. The number of aryl methyl sites for hydroxylation is 4. The lowest BCUT2D eigenvalue weighted by molar-refractivity contribution is 0.0776. The summed E-state index contributed by atoms with van der Waals surface area (Å²) in [7, 11) is 3.69. The van der Waals surface area contributed by atoms with E-state index in [2.05, 4.69) is 10.2 Å². The van der Waals surface area contributed by atoms with Crippen LogP contribution < -0.4 is 4.74 Å². The molecular formula is C21H27N5O2. The van der Waals surface area contributed by atoms with Crippen LogP contribution >= 0.6 is 0 Å². The lowest BCUT2D eigenvalue weighted by Gasteiger charge is -2.16. The first-order chi connectivity index (χ1) is 13.3. The van der Waals surface area contributed by atoms with Gasteiger partial charge in [0.15, 0.2) is 12.4 Å². The molecule has 0 radical (unpaired) electrons. The summed E-state index contributed by atoms with van der Waals surface area (Å²) < 4.78 is 9.32. The Morgan fingerprint density at radius 1 is 1.14 bits per heavy atom. The summed E-state index contributed by atoms with van der Waals surface area (Å²) in [6.07, 6.45) is 1.76. The van der Waals surface area contributed by atoms with Crippen LogP contribution in [0.4, 0.5) is 0 Å². The number of ether oxygens (including phenoxy) is 1. The highest BCUT2D eigenvalue weighted by Gasteiger charge is 2.18. The van der Waals surface area contributed by atoms with E-state index in [-0.39, 0.29) is 12.6 Å². The van der Waals surface area contributed by atoms with Crippen molar-refractivity contribution in [3.8, 4) is 5.75 Å². The third kappa shape index (κ3) is 4.08. The Balaban J connectivity index is 1.65. The molecule has 0 N–H and O–H groups in total. The minimum atomic E-state index is -0.131. The Kier molecular flexibility index (Phi) is 5.53. The highest BCUT2D eigenvalue weighted by Crippen LogP contribution is 2.19. The molecule has 0 aliphatic rings. The SMILES string of the molecule is Cc1ccc(C)c(OCn2ccc(C(=O)N(C)Cc3c(C)nn(C)c3C)n2)c1. The number of rotatable bonds is 6. The quantitative estimate of drug-likeness (QED) is 0.658. The molecule has 0 bridgehead atoms. The summed E-state index contributed by atoms with van der Waals surface area (Å²) in [5.41, 5.74) is 5.66. The number of hydrogen-bond acceptors (Lipinski definition) is 4. The van der Waals surface area contributed by atoms with Gasteiger partial charge in [0.05, 0.1) is 5.69 Å². The summed E-state index contributed by atoms with van der Waals surface area (Å²) in [6, 6.07) is 7.79. The van der Waals surface area contributed by atoms with Crippen molar-refractivity contribution in [3.63, 3.8) is 0 Å². The van der Waals surface area contributed by atoms with E-state index in [1.807, 2.05) is 57.6 Å². The molecule has 0 aliphatic heterocycles. The predicted octanol–water partition coefficient (Wildman–Crippen LogP) is 3.16. The number of carbonyl (C=O) groups excluding carboxylic acids is 1. The number of benzene rings is 1. The van der Waals surface area contributed by atoms with Crippen LogP contribution in [0.15, 0.2) is 30.5 Å². The first-order valence-corrected chi connectivity index (χ1v) is 9.24. The highest BCUT2D eigenvalue weighted by molar-refractivity contribution is 5.92. The van der Waals surface area contributed by atoms with Crippen molar-refractivity contribution >= 4 is 5.91 Å². The van der Waals surface area contributed by atoms with E-state index in [0.29, 0.717) is 12.2 Å². The molecule has 2 heterocycles. The average molecular weight is 381 g/mol. The number of nitrogens with zero attached hydrogens (tertiary/aromatic N) is 5. The molecule has 2 aromatic heterocycles. The molecule has 28 heavy (non-hydrogen) atoms. The van der Waals surface area contributed by atoms with Gasteiger partial charge in [-0.2, -0.15) is 10.2 Å². The number of hydrogen-bond donors (Lipinski definition) is 0. The second kappa shape index (κ2) is 7.88. The molecule has 0 fully saturated rings. The molecule has 3 aromatic rings. The summed E-state index contributed by atoms with van der Waals surface area (Å²) in [5.74, 6) is 0.691. The van der Waals surface area contributed by atoms with Crippen molar-refractivity contribution < 1.29 is 9.53 Å². The molecule has 1 aromatic carbocycles. The van der Waals surface area contributed by atoms with Crippen molar-refractivity contribution in [2.45, 2.75) is 41.0 Å². The molecule has 0 saturated heterocycles. The van der Waals surface area contributed by atoms with Gasteiger partial charge < -0.3 is 9.64 Å².